The number of hydrogen-bond donors (Lipinski definition) is 2. The molecule has 0 radical (unpaired) electrons. The topological polar surface area (TPSA) is 42.9 Å². The first-order valence-electron chi connectivity index (χ1n) is 10.9. The summed E-state index contributed by atoms with van der Waals surface area (Å²) in [5.41, 5.74) is 0.490. The molecule has 26 heavy (non-hydrogen) atoms. The smallest absolute Gasteiger partial charge is 0.190 e. The molecular weight excluding hydrogens is 322 g/mol. The minimum atomic E-state index is 0.490. The SMILES string of the molecule is CN=C(NCCCN1CCCN(C)CC1)NCC1(CC(C)C)CCCC1. The summed E-state index contributed by atoms with van der Waals surface area (Å²) in [5.74, 6) is 1.76. The fourth-order valence-corrected chi connectivity index (χ4v) is 4.77. The molecule has 0 aromatic heterocycles. The van der Waals surface area contributed by atoms with E-state index in [1.54, 1.807) is 0 Å². The van der Waals surface area contributed by atoms with E-state index in [0.29, 0.717) is 5.41 Å². The van der Waals surface area contributed by atoms with E-state index >= 15 is 0 Å². The van der Waals surface area contributed by atoms with Gasteiger partial charge in [0.1, 0.15) is 0 Å². The largest absolute Gasteiger partial charge is 0.356 e. The summed E-state index contributed by atoms with van der Waals surface area (Å²) < 4.78 is 0. The van der Waals surface area contributed by atoms with E-state index in [2.05, 4.69) is 46.3 Å². The van der Waals surface area contributed by atoms with E-state index in [-0.39, 0.29) is 0 Å². The monoisotopic (exact) mass is 365 g/mol. The summed E-state index contributed by atoms with van der Waals surface area (Å²) in [6.07, 6.45) is 9.35. The predicted octanol–water partition coefficient (Wildman–Crippen LogP) is 2.79. The maximum absolute atomic E-state index is 4.44. The quantitative estimate of drug-likeness (QED) is 0.394. The zero-order chi connectivity index (χ0) is 18.8. The van der Waals surface area contributed by atoms with Gasteiger partial charge in [0.25, 0.3) is 0 Å². The van der Waals surface area contributed by atoms with E-state index < -0.39 is 0 Å². The first-order chi connectivity index (χ1) is 12.5. The average Bonchev–Trinajstić information content (AvgIpc) is 2.95. The Morgan fingerprint density at radius 2 is 1.81 bits per heavy atom. The molecule has 5 nitrogen and oxygen atoms in total. The molecule has 1 aliphatic heterocycles. The van der Waals surface area contributed by atoms with Gasteiger partial charge in [-0.15, -0.1) is 0 Å². The molecule has 2 N–H and O–H groups in total. The molecule has 0 unspecified atom stereocenters. The van der Waals surface area contributed by atoms with Gasteiger partial charge in [0, 0.05) is 33.2 Å². The van der Waals surface area contributed by atoms with Crippen molar-refractivity contribution in [1.29, 1.82) is 0 Å². The molecule has 1 saturated heterocycles. The molecule has 2 aliphatic rings. The molecule has 1 aliphatic carbocycles. The Morgan fingerprint density at radius 3 is 2.50 bits per heavy atom. The highest BCUT2D eigenvalue weighted by Gasteiger charge is 2.34. The summed E-state index contributed by atoms with van der Waals surface area (Å²) in [7, 11) is 4.13. The Bertz CT molecular complexity index is 415. The van der Waals surface area contributed by atoms with Crippen molar-refractivity contribution in [1.82, 2.24) is 20.4 Å². The minimum absolute atomic E-state index is 0.490. The van der Waals surface area contributed by atoms with Crippen LogP contribution in [0, 0.1) is 11.3 Å². The Hall–Kier alpha value is -0.810. The van der Waals surface area contributed by atoms with Crippen LogP contribution in [0.15, 0.2) is 4.99 Å². The molecule has 2 rings (SSSR count). The van der Waals surface area contributed by atoms with Crippen LogP contribution < -0.4 is 10.6 Å². The highest BCUT2D eigenvalue weighted by atomic mass is 15.2. The molecule has 0 aromatic carbocycles. The highest BCUT2D eigenvalue weighted by Crippen LogP contribution is 2.42. The van der Waals surface area contributed by atoms with Crippen molar-refractivity contribution in [3.8, 4) is 0 Å². The van der Waals surface area contributed by atoms with Crippen LogP contribution in [-0.2, 0) is 0 Å². The number of aliphatic imine (C=N–C) groups is 1. The third kappa shape index (κ3) is 7.43. The number of guanidine groups is 1. The molecule has 0 aromatic rings. The lowest BCUT2D eigenvalue weighted by atomic mass is 9.78. The zero-order valence-electron chi connectivity index (χ0n) is 17.8. The van der Waals surface area contributed by atoms with Crippen molar-refractivity contribution in [3.63, 3.8) is 0 Å². The second kappa shape index (κ2) is 11.1. The number of nitrogens with one attached hydrogen (secondary N) is 2. The van der Waals surface area contributed by atoms with Crippen LogP contribution in [0.4, 0.5) is 0 Å². The van der Waals surface area contributed by atoms with E-state index in [1.807, 2.05) is 7.05 Å². The van der Waals surface area contributed by atoms with Gasteiger partial charge >= 0.3 is 0 Å². The van der Waals surface area contributed by atoms with Gasteiger partial charge in [-0.05, 0) is 70.1 Å². The van der Waals surface area contributed by atoms with Crippen LogP contribution in [0.2, 0.25) is 0 Å². The average molecular weight is 366 g/mol. The Balaban J connectivity index is 1.66. The van der Waals surface area contributed by atoms with Crippen molar-refractivity contribution in [2.24, 2.45) is 16.3 Å². The number of hydrogen-bond acceptors (Lipinski definition) is 3. The Kier molecular flexibility index (Phi) is 9.20. The van der Waals surface area contributed by atoms with Crippen LogP contribution in [0.5, 0.6) is 0 Å². The highest BCUT2D eigenvalue weighted by molar-refractivity contribution is 5.79. The van der Waals surface area contributed by atoms with E-state index in [0.717, 1.165) is 25.0 Å². The van der Waals surface area contributed by atoms with Crippen LogP contribution in [0.1, 0.15) is 58.8 Å². The first kappa shape index (κ1) is 21.5. The van der Waals surface area contributed by atoms with Crippen molar-refractivity contribution < 1.29 is 0 Å². The maximum Gasteiger partial charge on any atom is 0.190 e. The molecule has 0 atom stereocenters. The fraction of sp³-hybridized carbons (Fsp3) is 0.952. The van der Waals surface area contributed by atoms with E-state index in [1.165, 1.54) is 77.7 Å². The zero-order valence-corrected chi connectivity index (χ0v) is 17.8. The summed E-state index contributed by atoms with van der Waals surface area (Å²) in [6.45, 7) is 12.9. The molecule has 2 fully saturated rings. The molecule has 0 spiro atoms. The summed E-state index contributed by atoms with van der Waals surface area (Å²) in [4.78, 5) is 9.50. The second-order valence-corrected chi connectivity index (χ2v) is 9.01. The van der Waals surface area contributed by atoms with Gasteiger partial charge < -0.3 is 20.4 Å². The van der Waals surface area contributed by atoms with Crippen LogP contribution in [0.25, 0.3) is 0 Å². The van der Waals surface area contributed by atoms with Gasteiger partial charge in [0.05, 0.1) is 0 Å². The van der Waals surface area contributed by atoms with Gasteiger partial charge in [0.2, 0.25) is 0 Å². The Labute approximate surface area is 162 Å². The summed E-state index contributed by atoms with van der Waals surface area (Å²) in [6, 6.07) is 0. The number of likely N-dealkylation sites (N-methyl/N-ethyl adjacent to an activating group) is 1. The number of rotatable bonds is 8. The lowest BCUT2D eigenvalue weighted by Crippen LogP contribution is -2.44. The molecule has 0 amide bonds. The normalized spacial score (nSPS) is 22.6. The van der Waals surface area contributed by atoms with Crippen LogP contribution in [0.3, 0.4) is 0 Å². The van der Waals surface area contributed by atoms with Crippen LogP contribution >= 0.6 is 0 Å². The van der Waals surface area contributed by atoms with Crippen LogP contribution in [-0.4, -0.2) is 75.7 Å². The van der Waals surface area contributed by atoms with E-state index in [4.69, 9.17) is 0 Å². The first-order valence-corrected chi connectivity index (χ1v) is 10.9. The molecule has 1 saturated carbocycles. The third-order valence-corrected chi connectivity index (χ3v) is 6.12. The van der Waals surface area contributed by atoms with E-state index in [9.17, 15) is 0 Å². The summed E-state index contributed by atoms with van der Waals surface area (Å²) in [5, 5.41) is 7.16. The molecule has 0 bridgehead atoms. The van der Waals surface area contributed by atoms with Gasteiger partial charge in [-0.2, -0.15) is 0 Å². The lowest BCUT2D eigenvalue weighted by molar-refractivity contribution is 0.234. The third-order valence-electron chi connectivity index (χ3n) is 6.12. The predicted molar refractivity (Wildman–Crippen MR) is 113 cm³/mol. The fourth-order valence-electron chi connectivity index (χ4n) is 4.77. The number of nitrogens with zero attached hydrogens (tertiary/aromatic N) is 3. The Morgan fingerprint density at radius 1 is 1.04 bits per heavy atom. The van der Waals surface area contributed by atoms with Crippen molar-refractivity contribution >= 4 is 5.96 Å². The standard InChI is InChI=1S/C21H43N5/c1-19(2)17-21(9-5-6-10-21)18-24-20(22-3)23-11-7-13-26-14-8-12-25(4)15-16-26/h19H,5-18H2,1-4H3,(H2,22,23,24). The molecule has 5 heteroatoms. The second-order valence-electron chi connectivity index (χ2n) is 9.01. The van der Waals surface area contributed by atoms with Gasteiger partial charge in [0.15, 0.2) is 5.96 Å². The summed E-state index contributed by atoms with van der Waals surface area (Å²) >= 11 is 0. The van der Waals surface area contributed by atoms with Gasteiger partial charge in [-0.25, -0.2) is 0 Å². The lowest BCUT2D eigenvalue weighted by Gasteiger charge is -2.32. The van der Waals surface area contributed by atoms with Gasteiger partial charge in [-0.1, -0.05) is 26.7 Å². The molecule has 152 valence electrons. The van der Waals surface area contributed by atoms with Crippen molar-refractivity contribution in [2.45, 2.75) is 58.8 Å². The minimum Gasteiger partial charge on any atom is -0.356 e. The van der Waals surface area contributed by atoms with Gasteiger partial charge in [-0.3, -0.25) is 4.99 Å². The van der Waals surface area contributed by atoms with Crippen molar-refractivity contribution in [2.75, 3.05) is 59.9 Å². The molecular formula is C21H43N5. The maximum atomic E-state index is 4.44. The van der Waals surface area contributed by atoms with Crippen molar-refractivity contribution in [3.05, 3.63) is 0 Å². The molecule has 1 heterocycles.